The van der Waals surface area contributed by atoms with Crippen LogP contribution in [0.2, 0.25) is 0 Å². The van der Waals surface area contributed by atoms with Gasteiger partial charge in [-0.05, 0) is 26.8 Å². The number of esters is 1. The standard InChI is InChI=1S/C27H35NO9/c1-13(8-9-17(29)20-19(31)12-28(6)24(20)32)10-14(2)22-15(3)23-18(30)11-26(5)27(36-22,37-23)21(16(4)35-26)25(33)34-7/h8-10,14-16,21-23,29H,11-12H2,1-7H3/b9-8+,13-10+,20-17?/t14-,15-,16-,21-,22-,23+,26+,27+/m1/s1. The molecule has 2 bridgehead atoms. The van der Waals surface area contributed by atoms with Crippen LogP contribution in [0.3, 0.4) is 0 Å². The Labute approximate surface area is 216 Å². The van der Waals surface area contributed by atoms with Gasteiger partial charge in [-0.1, -0.05) is 31.6 Å². The number of ether oxygens (including phenoxy) is 4. The monoisotopic (exact) mass is 517 g/mol. The highest BCUT2D eigenvalue weighted by Gasteiger charge is 2.74. The summed E-state index contributed by atoms with van der Waals surface area (Å²) in [7, 11) is 2.80. The minimum absolute atomic E-state index is 0.0631. The van der Waals surface area contributed by atoms with Crippen LogP contribution in [0.15, 0.2) is 35.1 Å². The van der Waals surface area contributed by atoms with Gasteiger partial charge in [0.2, 0.25) is 5.79 Å². The minimum atomic E-state index is -1.47. The van der Waals surface area contributed by atoms with Crippen molar-refractivity contribution in [2.75, 3.05) is 20.7 Å². The molecule has 8 atom stereocenters. The normalized spacial score (nSPS) is 40.3. The van der Waals surface area contributed by atoms with E-state index in [-0.39, 0.29) is 41.9 Å². The molecule has 0 unspecified atom stereocenters. The maximum Gasteiger partial charge on any atom is 0.316 e. The van der Waals surface area contributed by atoms with Crippen molar-refractivity contribution in [3.63, 3.8) is 0 Å². The van der Waals surface area contributed by atoms with E-state index < -0.39 is 53.3 Å². The molecule has 1 amide bonds. The van der Waals surface area contributed by atoms with Gasteiger partial charge in [0.05, 0.1) is 25.9 Å². The fraction of sp³-hybridized carbons (Fsp3) is 0.630. The molecule has 0 radical (unpaired) electrons. The lowest BCUT2D eigenvalue weighted by atomic mass is 9.73. The van der Waals surface area contributed by atoms with Crippen molar-refractivity contribution >= 4 is 23.4 Å². The number of aliphatic hydroxyl groups is 1. The van der Waals surface area contributed by atoms with Crippen LogP contribution in [0.1, 0.15) is 41.0 Å². The third-order valence-electron chi connectivity index (χ3n) is 7.98. The van der Waals surface area contributed by atoms with Gasteiger partial charge < -0.3 is 29.0 Å². The first kappa shape index (κ1) is 27.2. The summed E-state index contributed by atoms with van der Waals surface area (Å²) in [4.78, 5) is 51.3. The van der Waals surface area contributed by atoms with Crippen molar-refractivity contribution in [2.45, 2.75) is 70.7 Å². The molecule has 4 aliphatic heterocycles. The second kappa shape index (κ2) is 9.49. The molecule has 1 N–H and O–H groups in total. The molecular formula is C27H35NO9. The zero-order valence-corrected chi connectivity index (χ0v) is 22.3. The molecule has 4 saturated heterocycles. The first-order chi connectivity index (χ1) is 17.3. The van der Waals surface area contributed by atoms with Crippen molar-refractivity contribution in [3.05, 3.63) is 35.1 Å². The number of likely N-dealkylation sites (tertiary alicyclic amines) is 1. The number of ketones is 2. The molecule has 4 aliphatic rings. The first-order valence-corrected chi connectivity index (χ1v) is 12.5. The predicted octanol–water partition coefficient (Wildman–Crippen LogP) is 2.03. The summed E-state index contributed by atoms with van der Waals surface area (Å²) >= 11 is 0. The Hall–Kier alpha value is -2.82. The molecule has 4 heterocycles. The maximum absolute atomic E-state index is 13.1. The zero-order chi connectivity index (χ0) is 27.4. The fourth-order valence-corrected chi connectivity index (χ4v) is 6.20. The van der Waals surface area contributed by atoms with Gasteiger partial charge in [-0.25, -0.2) is 0 Å². The van der Waals surface area contributed by atoms with Gasteiger partial charge in [0.25, 0.3) is 5.91 Å². The van der Waals surface area contributed by atoms with Gasteiger partial charge in [0.15, 0.2) is 11.6 Å². The third-order valence-corrected chi connectivity index (χ3v) is 7.98. The summed E-state index contributed by atoms with van der Waals surface area (Å²) in [6, 6.07) is 0. The van der Waals surface area contributed by atoms with E-state index in [4.69, 9.17) is 18.9 Å². The third kappa shape index (κ3) is 4.24. The van der Waals surface area contributed by atoms with Crippen molar-refractivity contribution < 1.29 is 43.2 Å². The number of rotatable bonds is 5. The van der Waals surface area contributed by atoms with Crippen LogP contribution in [-0.4, -0.2) is 83.9 Å². The maximum atomic E-state index is 13.1. The number of carbonyl (C=O) groups excluding carboxylic acids is 4. The number of aliphatic hydroxyl groups excluding tert-OH is 1. The number of nitrogens with zero attached hydrogens (tertiary/aromatic N) is 1. The number of carbonyl (C=O) groups is 4. The fourth-order valence-electron chi connectivity index (χ4n) is 6.20. The SMILES string of the molecule is COC(=O)[C@H]1[C@@H](C)O[C@@]2(C)CC(=O)[C@H]3O[C@@]12O[C@H]([C@H](C)/C=C(C)/C=C/C(O)=C1C(=O)CN(C)C1=O)[C@H]3C. The number of hydrogen-bond donors (Lipinski definition) is 1. The summed E-state index contributed by atoms with van der Waals surface area (Å²) in [5, 5.41) is 10.3. The molecule has 0 saturated carbocycles. The van der Waals surface area contributed by atoms with Crippen molar-refractivity contribution in [3.8, 4) is 0 Å². The number of Topliss-reactive ketones (excluding diaryl/α,β-unsaturated/α-hetero) is 2. The Balaban J connectivity index is 1.62. The second-order valence-corrected chi connectivity index (χ2v) is 10.8. The molecule has 4 rings (SSSR count). The van der Waals surface area contributed by atoms with E-state index in [1.807, 2.05) is 26.8 Å². The Morgan fingerprint density at radius 3 is 2.46 bits per heavy atom. The summed E-state index contributed by atoms with van der Waals surface area (Å²) in [6.07, 6.45) is 3.07. The zero-order valence-electron chi connectivity index (χ0n) is 22.3. The van der Waals surface area contributed by atoms with Crippen LogP contribution in [0, 0.1) is 17.8 Å². The van der Waals surface area contributed by atoms with Gasteiger partial charge in [-0.15, -0.1) is 0 Å². The largest absolute Gasteiger partial charge is 0.507 e. The first-order valence-electron chi connectivity index (χ1n) is 12.5. The molecule has 10 heteroatoms. The predicted molar refractivity (Wildman–Crippen MR) is 130 cm³/mol. The van der Waals surface area contributed by atoms with Crippen LogP contribution in [0.4, 0.5) is 0 Å². The van der Waals surface area contributed by atoms with Crippen molar-refractivity contribution in [1.29, 1.82) is 0 Å². The van der Waals surface area contributed by atoms with E-state index in [1.165, 1.54) is 25.1 Å². The number of fused-ring (bicyclic) bond motifs is 1. The van der Waals surface area contributed by atoms with Crippen molar-refractivity contribution in [1.82, 2.24) is 4.90 Å². The molecule has 37 heavy (non-hydrogen) atoms. The molecule has 0 aromatic rings. The van der Waals surface area contributed by atoms with E-state index in [0.29, 0.717) is 0 Å². The molecule has 10 nitrogen and oxygen atoms in total. The molecule has 0 aromatic heterocycles. The summed E-state index contributed by atoms with van der Waals surface area (Å²) in [6.45, 7) is 9.05. The van der Waals surface area contributed by atoms with E-state index >= 15 is 0 Å². The lowest BCUT2D eigenvalue weighted by Crippen LogP contribution is -2.71. The highest BCUT2D eigenvalue weighted by Crippen LogP contribution is 2.57. The summed E-state index contributed by atoms with van der Waals surface area (Å²) in [5.41, 5.74) is -0.637. The Kier molecular flexibility index (Phi) is 6.98. The smallest absolute Gasteiger partial charge is 0.316 e. The number of hydrogen-bond acceptors (Lipinski definition) is 9. The van der Waals surface area contributed by atoms with Crippen LogP contribution in [-0.2, 0) is 38.1 Å². The quantitative estimate of drug-likeness (QED) is 0.191. The Bertz CT molecular complexity index is 1120. The van der Waals surface area contributed by atoms with Crippen LogP contribution >= 0.6 is 0 Å². The number of methoxy groups -OCH3 is 1. The topological polar surface area (TPSA) is 129 Å². The van der Waals surface area contributed by atoms with Crippen LogP contribution < -0.4 is 0 Å². The second-order valence-electron chi connectivity index (χ2n) is 10.8. The van der Waals surface area contributed by atoms with E-state index in [1.54, 1.807) is 19.9 Å². The van der Waals surface area contributed by atoms with Gasteiger partial charge in [0, 0.05) is 25.3 Å². The average Bonchev–Trinajstić information content (AvgIpc) is 3.20. The molecule has 0 aliphatic carbocycles. The van der Waals surface area contributed by atoms with Crippen LogP contribution in [0.5, 0.6) is 0 Å². The highest BCUT2D eigenvalue weighted by molar-refractivity contribution is 6.25. The molecule has 4 fully saturated rings. The Morgan fingerprint density at radius 2 is 1.86 bits per heavy atom. The Morgan fingerprint density at radius 1 is 1.19 bits per heavy atom. The lowest BCUT2D eigenvalue weighted by Gasteiger charge is -2.56. The van der Waals surface area contributed by atoms with Gasteiger partial charge in [0.1, 0.15) is 29.0 Å². The minimum Gasteiger partial charge on any atom is -0.507 e. The molecule has 202 valence electrons. The van der Waals surface area contributed by atoms with Gasteiger partial charge >= 0.3 is 5.97 Å². The van der Waals surface area contributed by atoms with E-state index in [0.717, 1.165) is 5.57 Å². The van der Waals surface area contributed by atoms with Gasteiger partial charge in [-0.3, -0.25) is 19.2 Å². The van der Waals surface area contributed by atoms with E-state index in [9.17, 15) is 24.3 Å². The summed E-state index contributed by atoms with van der Waals surface area (Å²) < 4.78 is 24.1. The lowest BCUT2D eigenvalue weighted by molar-refractivity contribution is -0.387. The summed E-state index contributed by atoms with van der Waals surface area (Å²) in [5.74, 6) is -4.83. The highest BCUT2D eigenvalue weighted by atomic mass is 16.8. The molecular weight excluding hydrogens is 482 g/mol. The number of amides is 1. The van der Waals surface area contributed by atoms with Crippen molar-refractivity contribution in [2.24, 2.45) is 17.8 Å². The average molecular weight is 518 g/mol. The van der Waals surface area contributed by atoms with Gasteiger partial charge in [-0.2, -0.15) is 0 Å². The van der Waals surface area contributed by atoms with Crippen LogP contribution in [0.25, 0.3) is 0 Å². The molecule has 1 spiro atoms. The molecule has 0 aromatic carbocycles. The number of likely N-dealkylation sites (N-methyl/N-ethyl adjacent to an activating group) is 1. The number of allylic oxidation sites excluding steroid dienone is 3. The van der Waals surface area contributed by atoms with E-state index in [2.05, 4.69) is 0 Å².